The maximum absolute atomic E-state index is 12.0. The molecule has 0 aliphatic rings. The first-order chi connectivity index (χ1) is 8.60. The minimum atomic E-state index is -0.156. The van der Waals surface area contributed by atoms with Gasteiger partial charge in [-0.1, -0.05) is 25.4 Å². The number of aryl methyl sites for hydroxylation is 1. The molecule has 96 valence electrons. The Labute approximate surface area is 113 Å². The Balaban J connectivity index is 2.83. The van der Waals surface area contributed by atoms with Gasteiger partial charge in [-0.15, -0.1) is 12.3 Å². The van der Waals surface area contributed by atoms with E-state index in [1.54, 1.807) is 12.1 Å². The predicted octanol–water partition coefficient (Wildman–Crippen LogP) is 2.83. The Morgan fingerprint density at radius 2 is 2.28 bits per heavy atom. The quantitative estimate of drug-likeness (QED) is 0.656. The van der Waals surface area contributed by atoms with E-state index in [1.165, 1.54) is 0 Å². The predicted molar refractivity (Wildman–Crippen MR) is 73.6 cm³/mol. The highest BCUT2D eigenvalue weighted by Crippen LogP contribution is 2.12. The van der Waals surface area contributed by atoms with Crippen LogP contribution in [0.3, 0.4) is 0 Å². The molecule has 0 spiro atoms. The third kappa shape index (κ3) is 4.05. The van der Waals surface area contributed by atoms with Crippen LogP contribution in [0.5, 0.6) is 0 Å². The first-order valence-corrected chi connectivity index (χ1v) is 6.39. The van der Waals surface area contributed by atoms with Gasteiger partial charge < -0.3 is 5.32 Å². The number of amides is 1. The summed E-state index contributed by atoms with van der Waals surface area (Å²) in [7, 11) is 0. The highest BCUT2D eigenvalue weighted by molar-refractivity contribution is 6.29. The van der Waals surface area contributed by atoms with Gasteiger partial charge in [0.15, 0.2) is 0 Å². The number of halogens is 1. The summed E-state index contributed by atoms with van der Waals surface area (Å²) < 4.78 is 0. The standard InChI is InChI=1S/C14H17ClN2O/c1-4-7-11(5-2)17-14(18)10-8-12(6-3)16-13(15)9-10/h1,8-9,11H,5-7H2,2-3H3,(H,17,18). The molecule has 1 unspecified atom stereocenters. The van der Waals surface area contributed by atoms with Crippen LogP contribution in [0, 0.1) is 12.3 Å². The highest BCUT2D eigenvalue weighted by Gasteiger charge is 2.12. The molecule has 3 nitrogen and oxygen atoms in total. The van der Waals surface area contributed by atoms with E-state index in [1.807, 2.05) is 13.8 Å². The molecule has 1 rings (SSSR count). The summed E-state index contributed by atoms with van der Waals surface area (Å²) in [5.41, 5.74) is 1.33. The minimum Gasteiger partial charge on any atom is -0.348 e. The normalized spacial score (nSPS) is 11.7. The SMILES string of the molecule is C#CCC(CC)NC(=O)c1cc(Cl)nc(CC)c1. The van der Waals surface area contributed by atoms with Gasteiger partial charge in [0, 0.05) is 23.7 Å². The molecule has 4 heteroatoms. The Kier molecular flexibility index (Phi) is 5.67. The summed E-state index contributed by atoms with van der Waals surface area (Å²) in [5, 5.41) is 3.23. The Morgan fingerprint density at radius 1 is 1.56 bits per heavy atom. The summed E-state index contributed by atoms with van der Waals surface area (Å²) in [5.74, 6) is 2.40. The van der Waals surface area contributed by atoms with E-state index in [9.17, 15) is 4.79 Å². The van der Waals surface area contributed by atoms with Crippen molar-refractivity contribution in [3.63, 3.8) is 0 Å². The lowest BCUT2D eigenvalue weighted by atomic mass is 10.1. The van der Waals surface area contributed by atoms with E-state index < -0.39 is 0 Å². The molecule has 1 aromatic heterocycles. The van der Waals surface area contributed by atoms with Crippen molar-refractivity contribution in [2.45, 2.75) is 39.2 Å². The van der Waals surface area contributed by atoms with E-state index in [0.717, 1.165) is 18.5 Å². The van der Waals surface area contributed by atoms with E-state index in [0.29, 0.717) is 17.1 Å². The van der Waals surface area contributed by atoms with E-state index >= 15 is 0 Å². The minimum absolute atomic E-state index is 0.000447. The van der Waals surface area contributed by atoms with Gasteiger partial charge in [0.25, 0.3) is 5.91 Å². The number of hydrogen-bond donors (Lipinski definition) is 1. The van der Waals surface area contributed by atoms with Crippen molar-refractivity contribution in [1.82, 2.24) is 10.3 Å². The zero-order chi connectivity index (χ0) is 13.5. The summed E-state index contributed by atoms with van der Waals surface area (Å²) in [6, 6.07) is 3.32. The largest absolute Gasteiger partial charge is 0.348 e. The summed E-state index contributed by atoms with van der Waals surface area (Å²) in [4.78, 5) is 16.2. The topological polar surface area (TPSA) is 42.0 Å². The van der Waals surface area contributed by atoms with Gasteiger partial charge in [-0.3, -0.25) is 4.79 Å². The fourth-order valence-corrected chi connectivity index (χ4v) is 1.80. The molecule has 1 amide bonds. The molecular formula is C14H17ClN2O. The number of rotatable bonds is 5. The van der Waals surface area contributed by atoms with Crippen LogP contribution in [0.25, 0.3) is 0 Å². The van der Waals surface area contributed by atoms with Crippen molar-refractivity contribution >= 4 is 17.5 Å². The lowest BCUT2D eigenvalue weighted by molar-refractivity contribution is 0.0936. The third-order valence-electron chi connectivity index (χ3n) is 2.66. The molecule has 0 fully saturated rings. The number of hydrogen-bond acceptors (Lipinski definition) is 2. The van der Waals surface area contributed by atoms with Gasteiger partial charge in [0.1, 0.15) is 5.15 Å². The van der Waals surface area contributed by atoms with Gasteiger partial charge in [0.2, 0.25) is 0 Å². The average Bonchev–Trinajstić information content (AvgIpc) is 2.37. The van der Waals surface area contributed by atoms with Gasteiger partial charge in [0.05, 0.1) is 0 Å². The first-order valence-electron chi connectivity index (χ1n) is 6.01. The molecule has 1 N–H and O–H groups in total. The van der Waals surface area contributed by atoms with Crippen LogP contribution < -0.4 is 5.32 Å². The molecule has 0 bridgehead atoms. The molecule has 0 aromatic carbocycles. The molecule has 1 heterocycles. The lowest BCUT2D eigenvalue weighted by Gasteiger charge is -2.14. The molecule has 0 aliphatic carbocycles. The van der Waals surface area contributed by atoms with Gasteiger partial charge >= 0.3 is 0 Å². The molecule has 0 saturated heterocycles. The van der Waals surface area contributed by atoms with Crippen molar-refractivity contribution in [3.05, 3.63) is 28.5 Å². The van der Waals surface area contributed by atoms with Crippen LogP contribution in [0.15, 0.2) is 12.1 Å². The Hall–Kier alpha value is -1.53. The van der Waals surface area contributed by atoms with Crippen molar-refractivity contribution in [2.75, 3.05) is 0 Å². The summed E-state index contributed by atoms with van der Waals surface area (Å²) in [6.07, 6.45) is 7.33. The monoisotopic (exact) mass is 264 g/mol. The molecule has 1 aromatic rings. The van der Waals surface area contributed by atoms with E-state index in [4.69, 9.17) is 18.0 Å². The van der Waals surface area contributed by atoms with E-state index in [-0.39, 0.29) is 11.9 Å². The molecule has 0 saturated carbocycles. The van der Waals surface area contributed by atoms with Crippen LogP contribution in [-0.4, -0.2) is 16.9 Å². The second-order valence-corrected chi connectivity index (χ2v) is 4.40. The van der Waals surface area contributed by atoms with Crippen LogP contribution in [0.2, 0.25) is 5.15 Å². The van der Waals surface area contributed by atoms with Crippen LogP contribution in [0.1, 0.15) is 42.7 Å². The number of aromatic nitrogens is 1. The lowest BCUT2D eigenvalue weighted by Crippen LogP contribution is -2.34. The summed E-state index contributed by atoms with van der Waals surface area (Å²) >= 11 is 5.88. The number of carbonyl (C=O) groups excluding carboxylic acids is 1. The van der Waals surface area contributed by atoms with Crippen molar-refractivity contribution in [3.8, 4) is 12.3 Å². The van der Waals surface area contributed by atoms with Crippen molar-refractivity contribution in [2.24, 2.45) is 0 Å². The van der Waals surface area contributed by atoms with Crippen molar-refractivity contribution in [1.29, 1.82) is 0 Å². The number of terminal acetylenes is 1. The third-order valence-corrected chi connectivity index (χ3v) is 2.86. The highest BCUT2D eigenvalue weighted by atomic mass is 35.5. The van der Waals surface area contributed by atoms with Gasteiger partial charge in [-0.25, -0.2) is 4.98 Å². The molecule has 18 heavy (non-hydrogen) atoms. The second-order valence-electron chi connectivity index (χ2n) is 4.01. The summed E-state index contributed by atoms with van der Waals surface area (Å²) in [6.45, 7) is 3.95. The molecule has 0 radical (unpaired) electrons. The number of carbonyl (C=O) groups is 1. The fourth-order valence-electron chi connectivity index (χ4n) is 1.57. The molecule has 0 aliphatic heterocycles. The number of pyridine rings is 1. The average molecular weight is 265 g/mol. The smallest absolute Gasteiger partial charge is 0.251 e. The van der Waals surface area contributed by atoms with Gasteiger partial charge in [-0.05, 0) is 25.0 Å². The zero-order valence-corrected chi connectivity index (χ0v) is 11.4. The zero-order valence-electron chi connectivity index (χ0n) is 10.7. The fraction of sp³-hybridized carbons (Fsp3) is 0.429. The first kappa shape index (κ1) is 14.5. The molecule has 1 atom stereocenters. The van der Waals surface area contributed by atoms with Gasteiger partial charge in [-0.2, -0.15) is 0 Å². The Morgan fingerprint density at radius 3 is 2.83 bits per heavy atom. The Bertz CT molecular complexity index is 465. The number of nitrogens with one attached hydrogen (secondary N) is 1. The van der Waals surface area contributed by atoms with Crippen LogP contribution >= 0.6 is 11.6 Å². The maximum atomic E-state index is 12.0. The second kappa shape index (κ2) is 7.03. The maximum Gasteiger partial charge on any atom is 0.251 e. The van der Waals surface area contributed by atoms with E-state index in [2.05, 4.69) is 16.2 Å². The molecular weight excluding hydrogens is 248 g/mol. The van der Waals surface area contributed by atoms with Crippen molar-refractivity contribution < 1.29 is 4.79 Å². The number of nitrogens with zero attached hydrogens (tertiary/aromatic N) is 1. The van der Waals surface area contributed by atoms with Crippen LogP contribution in [-0.2, 0) is 6.42 Å². The van der Waals surface area contributed by atoms with Crippen LogP contribution in [0.4, 0.5) is 0 Å².